The van der Waals surface area contributed by atoms with Gasteiger partial charge in [0.05, 0.1) is 4.47 Å². The summed E-state index contributed by atoms with van der Waals surface area (Å²) in [5, 5.41) is 6.39. The maximum Gasteiger partial charge on any atom is 0.224 e. The Balaban J connectivity index is 2.54. The number of nitrogens with zero attached hydrogens (tertiary/aromatic N) is 3. The number of hydrogen-bond donors (Lipinski definition) is 2. The zero-order valence-corrected chi connectivity index (χ0v) is 12.2. The van der Waals surface area contributed by atoms with E-state index in [1.54, 1.807) is 6.20 Å². The Morgan fingerprint density at radius 1 is 1.35 bits per heavy atom. The summed E-state index contributed by atoms with van der Waals surface area (Å²) in [6, 6.07) is 0. The van der Waals surface area contributed by atoms with Crippen LogP contribution in [0.5, 0.6) is 0 Å². The molecule has 0 unspecified atom stereocenters. The van der Waals surface area contributed by atoms with E-state index in [1.165, 1.54) is 0 Å². The molecule has 0 saturated carbocycles. The lowest BCUT2D eigenvalue weighted by Crippen LogP contribution is -2.25. The van der Waals surface area contributed by atoms with E-state index in [2.05, 4.69) is 55.4 Å². The van der Waals surface area contributed by atoms with Crippen LogP contribution in [-0.4, -0.2) is 48.1 Å². The van der Waals surface area contributed by atoms with Gasteiger partial charge in [-0.05, 0) is 36.4 Å². The Kier molecular flexibility index (Phi) is 6.21. The van der Waals surface area contributed by atoms with Gasteiger partial charge in [-0.25, -0.2) is 4.98 Å². The van der Waals surface area contributed by atoms with Gasteiger partial charge in [0.1, 0.15) is 5.82 Å². The Hall–Kier alpha value is -0.880. The molecule has 0 aromatic carbocycles. The van der Waals surface area contributed by atoms with Gasteiger partial charge in [-0.15, -0.1) is 0 Å². The number of rotatable bonds is 7. The largest absolute Gasteiger partial charge is 0.368 e. The Labute approximate surface area is 111 Å². The third-order valence-corrected chi connectivity index (χ3v) is 2.99. The molecule has 0 radical (unpaired) electrons. The van der Waals surface area contributed by atoms with Crippen molar-refractivity contribution in [2.75, 3.05) is 43.9 Å². The molecule has 6 heteroatoms. The molecule has 0 atom stereocenters. The van der Waals surface area contributed by atoms with E-state index >= 15 is 0 Å². The predicted molar refractivity (Wildman–Crippen MR) is 75.6 cm³/mol. The first-order valence-electron chi connectivity index (χ1n) is 5.86. The van der Waals surface area contributed by atoms with Crippen molar-refractivity contribution in [2.45, 2.75) is 13.8 Å². The molecule has 1 heterocycles. The fourth-order valence-corrected chi connectivity index (χ4v) is 1.59. The topological polar surface area (TPSA) is 53.1 Å². The smallest absolute Gasteiger partial charge is 0.224 e. The summed E-state index contributed by atoms with van der Waals surface area (Å²) in [6.07, 6.45) is 1.76. The van der Waals surface area contributed by atoms with Crippen molar-refractivity contribution >= 4 is 27.7 Å². The minimum Gasteiger partial charge on any atom is -0.368 e. The molecular weight excluding hydrogens is 282 g/mol. The highest BCUT2D eigenvalue weighted by atomic mass is 79.9. The second-order valence-corrected chi connectivity index (χ2v) is 4.60. The zero-order chi connectivity index (χ0) is 12.7. The second kappa shape index (κ2) is 7.45. The van der Waals surface area contributed by atoms with Crippen molar-refractivity contribution in [3.63, 3.8) is 0 Å². The molecule has 0 amide bonds. The van der Waals surface area contributed by atoms with Crippen LogP contribution in [0.3, 0.4) is 0 Å². The van der Waals surface area contributed by atoms with E-state index < -0.39 is 0 Å². The zero-order valence-electron chi connectivity index (χ0n) is 10.6. The number of halogens is 1. The molecular formula is C11H20BrN5. The standard InChI is InChI=1S/C11H20BrN5/c1-4-13-11-15-8-9(12)10(16-11)14-6-7-17(3)5-2/h8H,4-7H2,1-3H3,(H2,13,14,15,16). The third kappa shape index (κ3) is 4.87. The highest BCUT2D eigenvalue weighted by Crippen LogP contribution is 2.19. The van der Waals surface area contributed by atoms with Gasteiger partial charge in [-0.1, -0.05) is 6.92 Å². The SMILES string of the molecule is CCNc1ncc(Br)c(NCCN(C)CC)n1. The molecule has 0 saturated heterocycles. The average Bonchev–Trinajstić information content (AvgIpc) is 2.33. The van der Waals surface area contributed by atoms with Crippen molar-refractivity contribution in [1.29, 1.82) is 0 Å². The first-order valence-corrected chi connectivity index (χ1v) is 6.65. The summed E-state index contributed by atoms with van der Waals surface area (Å²) in [7, 11) is 2.10. The molecule has 0 bridgehead atoms. The molecule has 0 aliphatic rings. The average molecular weight is 302 g/mol. The quantitative estimate of drug-likeness (QED) is 0.807. The van der Waals surface area contributed by atoms with E-state index in [0.717, 1.165) is 36.5 Å². The van der Waals surface area contributed by atoms with Crippen LogP contribution in [0.15, 0.2) is 10.7 Å². The Bertz CT molecular complexity index is 345. The number of anilines is 2. The van der Waals surface area contributed by atoms with Crippen LogP contribution >= 0.6 is 15.9 Å². The van der Waals surface area contributed by atoms with Gasteiger partial charge >= 0.3 is 0 Å². The first kappa shape index (κ1) is 14.2. The molecule has 96 valence electrons. The van der Waals surface area contributed by atoms with E-state index in [0.29, 0.717) is 5.95 Å². The van der Waals surface area contributed by atoms with Crippen LogP contribution in [0, 0.1) is 0 Å². The summed E-state index contributed by atoms with van der Waals surface area (Å²) in [5.74, 6) is 1.49. The summed E-state index contributed by atoms with van der Waals surface area (Å²) in [5.41, 5.74) is 0. The van der Waals surface area contributed by atoms with E-state index in [1.807, 2.05) is 6.92 Å². The number of likely N-dealkylation sites (N-methyl/N-ethyl adjacent to an activating group) is 1. The monoisotopic (exact) mass is 301 g/mol. The van der Waals surface area contributed by atoms with Gasteiger partial charge in [0, 0.05) is 25.8 Å². The molecule has 1 aromatic heterocycles. The molecule has 17 heavy (non-hydrogen) atoms. The van der Waals surface area contributed by atoms with Gasteiger partial charge in [0.25, 0.3) is 0 Å². The van der Waals surface area contributed by atoms with Crippen LogP contribution in [0.1, 0.15) is 13.8 Å². The van der Waals surface area contributed by atoms with Crippen LogP contribution in [-0.2, 0) is 0 Å². The number of nitrogens with one attached hydrogen (secondary N) is 2. The summed E-state index contributed by atoms with van der Waals surface area (Å²) in [6.45, 7) is 7.89. The fraction of sp³-hybridized carbons (Fsp3) is 0.636. The van der Waals surface area contributed by atoms with E-state index in [4.69, 9.17) is 0 Å². The van der Waals surface area contributed by atoms with Crippen LogP contribution in [0.25, 0.3) is 0 Å². The van der Waals surface area contributed by atoms with Gasteiger partial charge in [0.15, 0.2) is 0 Å². The summed E-state index contributed by atoms with van der Waals surface area (Å²) in [4.78, 5) is 10.8. The lowest BCUT2D eigenvalue weighted by atomic mass is 10.5. The molecule has 1 rings (SSSR count). The lowest BCUT2D eigenvalue weighted by molar-refractivity contribution is 0.367. The Morgan fingerprint density at radius 3 is 2.76 bits per heavy atom. The highest BCUT2D eigenvalue weighted by molar-refractivity contribution is 9.10. The van der Waals surface area contributed by atoms with E-state index in [9.17, 15) is 0 Å². The predicted octanol–water partition coefficient (Wildman–Crippen LogP) is 2.03. The van der Waals surface area contributed by atoms with Crippen molar-refractivity contribution in [1.82, 2.24) is 14.9 Å². The fourth-order valence-electron chi connectivity index (χ4n) is 1.26. The minimum atomic E-state index is 0.655. The van der Waals surface area contributed by atoms with Crippen molar-refractivity contribution in [3.8, 4) is 0 Å². The first-order chi connectivity index (χ1) is 8.17. The third-order valence-electron chi connectivity index (χ3n) is 2.40. The molecule has 0 aliphatic carbocycles. The number of aromatic nitrogens is 2. The maximum atomic E-state index is 4.39. The molecule has 2 N–H and O–H groups in total. The summed E-state index contributed by atoms with van der Waals surface area (Å²) >= 11 is 3.44. The van der Waals surface area contributed by atoms with Crippen LogP contribution < -0.4 is 10.6 Å². The number of hydrogen-bond acceptors (Lipinski definition) is 5. The Morgan fingerprint density at radius 2 is 2.12 bits per heavy atom. The molecule has 0 spiro atoms. The minimum absolute atomic E-state index is 0.655. The molecule has 0 aliphatic heterocycles. The molecule has 0 fully saturated rings. The van der Waals surface area contributed by atoms with Gasteiger partial charge in [-0.2, -0.15) is 4.98 Å². The molecule has 1 aromatic rings. The maximum absolute atomic E-state index is 4.39. The summed E-state index contributed by atoms with van der Waals surface area (Å²) < 4.78 is 0.887. The molecule has 5 nitrogen and oxygen atoms in total. The highest BCUT2D eigenvalue weighted by Gasteiger charge is 2.04. The van der Waals surface area contributed by atoms with Crippen molar-refractivity contribution < 1.29 is 0 Å². The second-order valence-electron chi connectivity index (χ2n) is 3.74. The van der Waals surface area contributed by atoms with Gasteiger partial charge in [-0.3, -0.25) is 0 Å². The van der Waals surface area contributed by atoms with Crippen molar-refractivity contribution in [2.24, 2.45) is 0 Å². The van der Waals surface area contributed by atoms with Gasteiger partial charge < -0.3 is 15.5 Å². The van der Waals surface area contributed by atoms with E-state index in [-0.39, 0.29) is 0 Å². The van der Waals surface area contributed by atoms with Crippen LogP contribution in [0.2, 0.25) is 0 Å². The van der Waals surface area contributed by atoms with Crippen molar-refractivity contribution in [3.05, 3.63) is 10.7 Å². The van der Waals surface area contributed by atoms with Gasteiger partial charge in [0.2, 0.25) is 5.95 Å². The lowest BCUT2D eigenvalue weighted by Gasteiger charge is -2.15. The van der Waals surface area contributed by atoms with Crippen LogP contribution in [0.4, 0.5) is 11.8 Å². The normalized spacial score (nSPS) is 10.6.